The molecule has 2 atom stereocenters. The molecule has 0 aliphatic carbocycles. The van der Waals surface area contributed by atoms with E-state index in [1.807, 2.05) is 19.1 Å². The minimum absolute atomic E-state index is 0.266. The molecule has 0 saturated carbocycles. The monoisotopic (exact) mass is 630 g/mol. The van der Waals surface area contributed by atoms with Gasteiger partial charge in [0.15, 0.2) is 0 Å². The molecule has 0 aromatic heterocycles. The van der Waals surface area contributed by atoms with Crippen LogP contribution in [0.4, 0.5) is 26.7 Å². The van der Waals surface area contributed by atoms with Gasteiger partial charge >= 0.3 is 12.1 Å². The van der Waals surface area contributed by atoms with Crippen molar-refractivity contribution in [2.75, 3.05) is 41.3 Å². The second-order valence-electron chi connectivity index (χ2n) is 9.73. The lowest BCUT2D eigenvalue weighted by Gasteiger charge is -2.36. The number of carbonyl (C=O) groups excluding carboxylic acids is 2. The van der Waals surface area contributed by atoms with Crippen LogP contribution >= 0.6 is 34.8 Å². The van der Waals surface area contributed by atoms with Crippen molar-refractivity contribution < 1.29 is 14.7 Å². The Hall–Kier alpha value is -3.47. The number of urea groups is 2. The van der Waals surface area contributed by atoms with Gasteiger partial charge in [-0.15, -0.1) is 0 Å². The normalized spacial score (nSPS) is 14.6. The molecule has 4 amide bonds. The Morgan fingerprint density at radius 3 is 2.14 bits per heavy atom. The third-order valence-corrected chi connectivity index (χ3v) is 8.10. The van der Waals surface area contributed by atoms with Crippen molar-refractivity contribution in [3.8, 4) is 0 Å². The number of aliphatic hydroxyl groups is 1. The molecule has 1 heterocycles. The predicted molar refractivity (Wildman–Crippen MR) is 170 cm³/mol. The summed E-state index contributed by atoms with van der Waals surface area (Å²) < 4.78 is 0. The highest BCUT2D eigenvalue weighted by molar-refractivity contribution is 6.39. The zero-order valence-corrected chi connectivity index (χ0v) is 25.4. The van der Waals surface area contributed by atoms with Crippen molar-refractivity contribution in [3.63, 3.8) is 0 Å². The summed E-state index contributed by atoms with van der Waals surface area (Å²) in [5.74, 6) is 6.25. The van der Waals surface area contributed by atoms with Gasteiger partial charge in [0.05, 0.1) is 27.5 Å². The molecule has 1 aliphatic heterocycles. The van der Waals surface area contributed by atoms with Gasteiger partial charge in [-0.05, 0) is 60.5 Å². The Morgan fingerprint density at radius 1 is 1.00 bits per heavy atom. The zero-order chi connectivity index (χ0) is 30.4. The second-order valence-corrected chi connectivity index (χ2v) is 11.0. The van der Waals surface area contributed by atoms with Crippen LogP contribution in [0.5, 0.6) is 0 Å². The van der Waals surface area contributed by atoms with Crippen molar-refractivity contribution in [1.29, 1.82) is 0 Å². The molecule has 42 heavy (non-hydrogen) atoms. The molecule has 1 fully saturated rings. The summed E-state index contributed by atoms with van der Waals surface area (Å²) in [5, 5.41) is 16.1. The van der Waals surface area contributed by atoms with Gasteiger partial charge in [0, 0.05) is 43.1 Å². The largest absolute Gasteiger partial charge is 0.386 e. The molecular weight excluding hydrogens is 599 g/mol. The highest BCUT2D eigenvalue weighted by Gasteiger charge is 2.30. The first-order valence-corrected chi connectivity index (χ1v) is 14.6. The third kappa shape index (κ3) is 7.11. The lowest BCUT2D eigenvalue weighted by Crippen LogP contribution is -2.52. The van der Waals surface area contributed by atoms with Gasteiger partial charge in [-0.25, -0.2) is 15.4 Å². The molecule has 222 valence electrons. The summed E-state index contributed by atoms with van der Waals surface area (Å²) in [6.07, 6.45) is 0.810. The van der Waals surface area contributed by atoms with E-state index in [0.717, 1.165) is 10.7 Å². The molecule has 12 heteroatoms. The number of hydrogen-bond donors (Lipinski definition) is 3. The number of rotatable bonds is 8. The quantitative estimate of drug-likeness (QED) is 0.145. The van der Waals surface area contributed by atoms with Crippen LogP contribution in [0.1, 0.15) is 25.0 Å². The fraction of sp³-hybridized carbons (Fsp3) is 0.267. The number of halogens is 3. The summed E-state index contributed by atoms with van der Waals surface area (Å²) >= 11 is 18.3. The Morgan fingerprint density at radius 2 is 1.60 bits per heavy atom. The number of hydrazine groups is 1. The molecule has 0 spiro atoms. The average Bonchev–Trinajstić information content (AvgIpc) is 3.00. The van der Waals surface area contributed by atoms with Crippen LogP contribution in [0.25, 0.3) is 0 Å². The average molecular weight is 632 g/mol. The summed E-state index contributed by atoms with van der Waals surface area (Å²) in [5.41, 5.74) is 2.51. The van der Waals surface area contributed by atoms with Crippen molar-refractivity contribution >= 4 is 63.9 Å². The van der Waals surface area contributed by atoms with Gasteiger partial charge in [-0.1, -0.05) is 66.5 Å². The number of nitrogens with one attached hydrogen (secondary N) is 1. The van der Waals surface area contributed by atoms with E-state index < -0.39 is 18.2 Å². The van der Waals surface area contributed by atoms with Crippen molar-refractivity contribution in [2.24, 2.45) is 5.84 Å². The third-order valence-electron chi connectivity index (χ3n) is 7.22. The lowest BCUT2D eigenvalue weighted by molar-refractivity contribution is 0.0653. The van der Waals surface area contributed by atoms with Gasteiger partial charge < -0.3 is 20.2 Å². The van der Waals surface area contributed by atoms with Gasteiger partial charge in [0.1, 0.15) is 6.10 Å². The number of piperazine rings is 1. The molecule has 1 saturated heterocycles. The zero-order valence-electron chi connectivity index (χ0n) is 23.1. The number of nitrogens with zero attached hydrogens (tertiary/aromatic N) is 4. The van der Waals surface area contributed by atoms with E-state index in [2.05, 4.69) is 16.8 Å². The smallest absolute Gasteiger partial charge is 0.343 e. The van der Waals surface area contributed by atoms with E-state index in [-0.39, 0.29) is 6.03 Å². The Bertz CT molecular complexity index is 1380. The lowest BCUT2D eigenvalue weighted by atomic mass is 10.00. The number of para-hydroxylation sites is 1. The highest BCUT2D eigenvalue weighted by Crippen LogP contribution is 2.31. The number of hydrogen-bond acceptors (Lipinski definition) is 5. The van der Waals surface area contributed by atoms with E-state index in [9.17, 15) is 14.7 Å². The van der Waals surface area contributed by atoms with Crippen LogP contribution in [-0.2, 0) is 0 Å². The van der Waals surface area contributed by atoms with Crippen LogP contribution in [-0.4, -0.2) is 59.3 Å². The summed E-state index contributed by atoms with van der Waals surface area (Å²) in [7, 11) is 0. The molecule has 0 radical (unpaired) electrons. The Kier molecular flexibility index (Phi) is 10.6. The van der Waals surface area contributed by atoms with Crippen molar-refractivity contribution in [2.45, 2.75) is 25.5 Å². The van der Waals surface area contributed by atoms with E-state index in [4.69, 9.17) is 40.6 Å². The minimum atomic E-state index is -1.00. The standard InChI is InChI=1S/C30H33Cl3N6O3/c1-3-26(28(40)20-8-10-21(31)11-9-20)39(34)30(42)38(4-2)23-14-12-22(13-15-23)36-16-18-37(19-17-36)29(41)35-27-24(32)6-5-7-25(27)33/h4-15,26,28,40H,2-3,16-19,34H2,1H3,(H,35,41). The SMILES string of the molecule is C=CN(C(=O)N(N)C(CC)C(O)c1ccc(Cl)cc1)c1ccc(N2CCN(C(=O)Nc3c(Cl)cccc3Cl)CC2)cc1. The maximum atomic E-state index is 13.4. The van der Waals surface area contributed by atoms with Crippen LogP contribution in [0.2, 0.25) is 15.1 Å². The fourth-order valence-electron chi connectivity index (χ4n) is 4.81. The summed E-state index contributed by atoms with van der Waals surface area (Å²) in [6, 6.07) is 17.8. The van der Waals surface area contributed by atoms with E-state index in [1.54, 1.807) is 59.5 Å². The molecule has 2 unspecified atom stereocenters. The molecule has 0 bridgehead atoms. The number of anilines is 3. The van der Waals surface area contributed by atoms with Crippen molar-refractivity contribution in [3.05, 3.63) is 100 Å². The van der Waals surface area contributed by atoms with Crippen LogP contribution in [0.15, 0.2) is 79.5 Å². The fourth-order valence-corrected chi connectivity index (χ4v) is 5.43. The number of nitrogens with two attached hydrogens (primary N) is 1. The topological polar surface area (TPSA) is 105 Å². The highest BCUT2D eigenvalue weighted by atomic mass is 35.5. The maximum absolute atomic E-state index is 13.4. The number of amides is 4. The first-order valence-electron chi connectivity index (χ1n) is 13.4. The molecule has 3 aromatic rings. The Labute approximate surface area is 260 Å². The maximum Gasteiger partial charge on any atom is 0.343 e. The number of benzene rings is 3. The van der Waals surface area contributed by atoms with Gasteiger partial charge in [-0.3, -0.25) is 9.91 Å². The molecule has 9 nitrogen and oxygen atoms in total. The van der Waals surface area contributed by atoms with Gasteiger partial charge in [-0.2, -0.15) is 0 Å². The Balaban J connectivity index is 1.37. The van der Waals surface area contributed by atoms with Crippen molar-refractivity contribution in [1.82, 2.24) is 9.91 Å². The second kappa shape index (κ2) is 14.1. The summed E-state index contributed by atoms with van der Waals surface area (Å²) in [4.78, 5) is 31.4. The molecule has 3 aromatic carbocycles. The van der Waals surface area contributed by atoms with E-state index >= 15 is 0 Å². The first-order chi connectivity index (χ1) is 20.1. The van der Waals surface area contributed by atoms with E-state index in [1.165, 1.54) is 11.1 Å². The molecule has 1 aliphatic rings. The first kappa shape index (κ1) is 31.5. The summed E-state index contributed by atoms with van der Waals surface area (Å²) in [6.45, 7) is 7.88. The molecule has 4 rings (SSSR count). The van der Waals surface area contributed by atoms with Crippen LogP contribution in [0, 0.1) is 0 Å². The molecular formula is C30H33Cl3N6O3. The molecule has 4 N–H and O–H groups in total. The van der Waals surface area contributed by atoms with E-state index in [0.29, 0.717) is 64.6 Å². The van der Waals surface area contributed by atoms with Gasteiger partial charge in [0.2, 0.25) is 0 Å². The minimum Gasteiger partial charge on any atom is -0.386 e. The van der Waals surface area contributed by atoms with Crippen LogP contribution < -0.4 is 21.0 Å². The number of aliphatic hydroxyl groups excluding tert-OH is 1. The van der Waals surface area contributed by atoms with Crippen LogP contribution in [0.3, 0.4) is 0 Å². The van der Waals surface area contributed by atoms with Gasteiger partial charge in [0.25, 0.3) is 0 Å². The predicted octanol–water partition coefficient (Wildman–Crippen LogP) is 6.76. The number of carbonyl (C=O) groups is 2.